The third-order valence-corrected chi connectivity index (χ3v) is 2.78. The van der Waals surface area contributed by atoms with E-state index in [9.17, 15) is 8.78 Å². The number of benzene rings is 1. The lowest BCUT2D eigenvalue weighted by atomic mass is 10.2. The van der Waals surface area contributed by atoms with Gasteiger partial charge in [-0.15, -0.1) is 0 Å². The maximum Gasteiger partial charge on any atom is 0.167 e. The summed E-state index contributed by atoms with van der Waals surface area (Å²) in [5.74, 6) is -1.23. The molecule has 1 heterocycles. The van der Waals surface area contributed by atoms with Crippen LogP contribution in [-0.2, 0) is 4.74 Å². The summed E-state index contributed by atoms with van der Waals surface area (Å²) in [6.07, 6.45) is 0. The average molecular weight is 258 g/mol. The summed E-state index contributed by atoms with van der Waals surface area (Å²) in [4.78, 5) is 0. The van der Waals surface area contributed by atoms with Crippen molar-refractivity contribution in [2.24, 2.45) is 0 Å². The molecule has 0 bridgehead atoms. The molecule has 1 aromatic carbocycles. The molecule has 100 valence electrons. The Bertz CT molecular complexity index is 409. The fraction of sp³-hybridized carbons (Fsp3) is 0.500. The van der Waals surface area contributed by atoms with Crippen LogP contribution in [0, 0.1) is 11.6 Å². The highest BCUT2D eigenvalue weighted by Crippen LogP contribution is 2.24. The van der Waals surface area contributed by atoms with Crippen molar-refractivity contribution in [2.45, 2.75) is 6.04 Å². The zero-order valence-corrected chi connectivity index (χ0v) is 10.1. The van der Waals surface area contributed by atoms with Gasteiger partial charge in [-0.05, 0) is 0 Å². The van der Waals surface area contributed by atoms with E-state index in [1.807, 2.05) is 0 Å². The molecule has 2 N–H and O–H groups in total. The minimum Gasteiger partial charge on any atom is -0.494 e. The molecule has 1 aliphatic rings. The molecule has 0 saturated carbocycles. The lowest BCUT2D eigenvalue weighted by molar-refractivity contribution is 0.0806. The quantitative estimate of drug-likeness (QED) is 0.856. The van der Waals surface area contributed by atoms with E-state index in [4.69, 9.17) is 9.47 Å². The Hall–Kier alpha value is -1.40. The number of hydrogen-bond donors (Lipinski definition) is 2. The van der Waals surface area contributed by atoms with Crippen LogP contribution in [0.1, 0.15) is 0 Å². The van der Waals surface area contributed by atoms with E-state index < -0.39 is 11.6 Å². The largest absolute Gasteiger partial charge is 0.494 e. The van der Waals surface area contributed by atoms with Crippen LogP contribution >= 0.6 is 0 Å². The summed E-state index contributed by atoms with van der Waals surface area (Å²) in [5, 5.41) is 6.08. The van der Waals surface area contributed by atoms with Crippen molar-refractivity contribution in [2.75, 3.05) is 38.7 Å². The normalized spacial score (nSPS) is 19.6. The molecule has 4 nitrogen and oxygen atoms in total. The van der Waals surface area contributed by atoms with Crippen molar-refractivity contribution in [3.05, 3.63) is 23.8 Å². The Labute approximate surface area is 104 Å². The van der Waals surface area contributed by atoms with E-state index in [1.165, 1.54) is 7.11 Å². The lowest BCUT2D eigenvalue weighted by Gasteiger charge is -2.24. The van der Waals surface area contributed by atoms with Gasteiger partial charge in [-0.25, -0.2) is 8.78 Å². The van der Waals surface area contributed by atoms with Crippen molar-refractivity contribution in [3.63, 3.8) is 0 Å². The molecule has 1 atom stereocenters. The van der Waals surface area contributed by atoms with E-state index in [0.29, 0.717) is 19.8 Å². The molecule has 6 heteroatoms. The zero-order chi connectivity index (χ0) is 13.0. The number of anilines is 1. The first-order chi connectivity index (χ1) is 8.70. The maximum atomic E-state index is 13.6. The van der Waals surface area contributed by atoms with Crippen LogP contribution in [0.4, 0.5) is 14.5 Å². The lowest BCUT2D eigenvalue weighted by Crippen LogP contribution is -2.45. The van der Waals surface area contributed by atoms with Crippen LogP contribution in [0.3, 0.4) is 0 Å². The van der Waals surface area contributed by atoms with Crippen LogP contribution in [0.25, 0.3) is 0 Å². The predicted octanol–water partition coefficient (Wildman–Crippen LogP) is 1.37. The smallest absolute Gasteiger partial charge is 0.167 e. The standard InChI is InChI=1S/C12H16F2N2O2/c1-17-12-5-9(13)11(4-10(12)14)16-6-8-7-18-3-2-15-8/h4-5,8,15-16H,2-3,6-7H2,1H3. The van der Waals surface area contributed by atoms with Crippen molar-refractivity contribution in [1.82, 2.24) is 5.32 Å². The van der Waals surface area contributed by atoms with Crippen molar-refractivity contribution < 1.29 is 18.3 Å². The van der Waals surface area contributed by atoms with E-state index in [-0.39, 0.29) is 17.5 Å². The number of halogens is 2. The summed E-state index contributed by atoms with van der Waals surface area (Å²) in [6.45, 7) is 2.49. The molecule has 0 radical (unpaired) electrons. The van der Waals surface area contributed by atoms with Gasteiger partial charge in [-0.2, -0.15) is 0 Å². The van der Waals surface area contributed by atoms with Crippen molar-refractivity contribution >= 4 is 5.69 Å². The molecule has 1 aliphatic heterocycles. The Morgan fingerprint density at radius 3 is 2.94 bits per heavy atom. The molecule has 1 saturated heterocycles. The van der Waals surface area contributed by atoms with Crippen molar-refractivity contribution in [3.8, 4) is 5.75 Å². The second-order valence-corrected chi connectivity index (χ2v) is 4.07. The first-order valence-corrected chi connectivity index (χ1v) is 5.78. The number of hydrogen-bond acceptors (Lipinski definition) is 4. The van der Waals surface area contributed by atoms with Gasteiger partial charge in [0.25, 0.3) is 0 Å². The van der Waals surface area contributed by atoms with Gasteiger partial charge >= 0.3 is 0 Å². The monoisotopic (exact) mass is 258 g/mol. The van der Waals surface area contributed by atoms with Gasteiger partial charge in [-0.1, -0.05) is 0 Å². The minimum atomic E-state index is -0.589. The molecule has 18 heavy (non-hydrogen) atoms. The molecular formula is C12H16F2N2O2. The van der Waals surface area contributed by atoms with E-state index in [1.54, 1.807) is 0 Å². The molecular weight excluding hydrogens is 242 g/mol. The molecule has 0 spiro atoms. The molecule has 0 aromatic heterocycles. The number of rotatable bonds is 4. The first kappa shape index (κ1) is 13.0. The number of ether oxygens (including phenoxy) is 2. The third kappa shape index (κ3) is 3.08. The van der Waals surface area contributed by atoms with Gasteiger partial charge in [0.15, 0.2) is 11.6 Å². The first-order valence-electron chi connectivity index (χ1n) is 5.78. The topological polar surface area (TPSA) is 42.5 Å². The minimum absolute atomic E-state index is 0.0998. The Morgan fingerprint density at radius 2 is 2.28 bits per heavy atom. The Morgan fingerprint density at radius 1 is 1.44 bits per heavy atom. The molecule has 0 aliphatic carbocycles. The van der Waals surface area contributed by atoms with Gasteiger partial charge in [0.2, 0.25) is 0 Å². The van der Waals surface area contributed by atoms with Gasteiger partial charge in [-0.3, -0.25) is 0 Å². The number of nitrogens with one attached hydrogen (secondary N) is 2. The molecule has 1 fully saturated rings. The summed E-state index contributed by atoms with van der Waals surface area (Å²) >= 11 is 0. The zero-order valence-electron chi connectivity index (χ0n) is 10.1. The predicted molar refractivity (Wildman–Crippen MR) is 64.0 cm³/mol. The van der Waals surface area contributed by atoms with E-state index in [0.717, 1.165) is 18.7 Å². The number of morpholine rings is 1. The number of methoxy groups -OCH3 is 1. The van der Waals surface area contributed by atoms with Gasteiger partial charge < -0.3 is 20.1 Å². The summed E-state index contributed by atoms with van der Waals surface area (Å²) in [5.41, 5.74) is 0.126. The molecule has 1 aromatic rings. The summed E-state index contributed by atoms with van der Waals surface area (Å²) < 4.78 is 37.0. The second-order valence-electron chi connectivity index (χ2n) is 4.07. The Balaban J connectivity index is 1.98. The maximum absolute atomic E-state index is 13.6. The molecule has 2 rings (SSSR count). The molecule has 0 amide bonds. The van der Waals surface area contributed by atoms with Crippen LogP contribution in [-0.4, -0.2) is 39.5 Å². The summed E-state index contributed by atoms with van der Waals surface area (Å²) in [6, 6.07) is 2.23. The third-order valence-electron chi connectivity index (χ3n) is 2.78. The van der Waals surface area contributed by atoms with Gasteiger partial charge in [0.1, 0.15) is 5.82 Å². The average Bonchev–Trinajstić information content (AvgIpc) is 2.40. The van der Waals surface area contributed by atoms with E-state index in [2.05, 4.69) is 10.6 Å². The highest BCUT2D eigenvalue weighted by Gasteiger charge is 2.15. The van der Waals surface area contributed by atoms with Gasteiger partial charge in [0, 0.05) is 31.3 Å². The molecule has 1 unspecified atom stereocenters. The fourth-order valence-electron chi connectivity index (χ4n) is 1.80. The van der Waals surface area contributed by atoms with Crippen molar-refractivity contribution in [1.29, 1.82) is 0 Å². The second kappa shape index (κ2) is 5.97. The van der Waals surface area contributed by atoms with E-state index >= 15 is 0 Å². The summed E-state index contributed by atoms with van der Waals surface area (Å²) in [7, 11) is 1.30. The van der Waals surface area contributed by atoms with Crippen LogP contribution in [0.15, 0.2) is 12.1 Å². The SMILES string of the molecule is COc1cc(F)c(NCC2COCCN2)cc1F. The highest BCUT2D eigenvalue weighted by atomic mass is 19.1. The highest BCUT2D eigenvalue weighted by molar-refractivity contribution is 5.49. The van der Waals surface area contributed by atoms with Gasteiger partial charge in [0.05, 0.1) is 26.0 Å². The van der Waals surface area contributed by atoms with Crippen LogP contribution in [0.5, 0.6) is 5.75 Å². The Kier molecular flexibility index (Phi) is 4.33. The van der Waals surface area contributed by atoms with Crippen LogP contribution < -0.4 is 15.4 Å². The fourth-order valence-corrected chi connectivity index (χ4v) is 1.80. The van der Waals surface area contributed by atoms with Crippen LogP contribution in [0.2, 0.25) is 0 Å².